The van der Waals surface area contributed by atoms with Crippen LogP contribution in [0.3, 0.4) is 0 Å². The van der Waals surface area contributed by atoms with E-state index in [0.29, 0.717) is 0 Å². The highest BCUT2D eigenvalue weighted by Gasteiger charge is 2.14. The first kappa shape index (κ1) is 17.8. The predicted molar refractivity (Wildman–Crippen MR) is 121 cm³/mol. The van der Waals surface area contributed by atoms with Gasteiger partial charge in [0.15, 0.2) is 0 Å². The molecule has 0 fully saturated rings. The van der Waals surface area contributed by atoms with Crippen molar-refractivity contribution in [1.29, 1.82) is 0 Å². The number of benzene rings is 4. The van der Waals surface area contributed by atoms with Crippen LogP contribution in [-0.4, -0.2) is 0 Å². The van der Waals surface area contributed by atoms with Gasteiger partial charge in [-0.15, -0.1) is 0 Å². The summed E-state index contributed by atoms with van der Waals surface area (Å²) in [4.78, 5) is 0. The quantitative estimate of drug-likeness (QED) is 0.347. The first-order chi connectivity index (χ1) is 13.8. The van der Waals surface area contributed by atoms with Gasteiger partial charge in [0.1, 0.15) is 0 Å². The van der Waals surface area contributed by atoms with Gasteiger partial charge in [-0.3, -0.25) is 0 Å². The molecule has 0 N–H and O–H groups in total. The summed E-state index contributed by atoms with van der Waals surface area (Å²) in [6.45, 7) is 8.78. The second kappa shape index (κ2) is 7.94. The van der Waals surface area contributed by atoms with E-state index in [9.17, 15) is 0 Å². The van der Waals surface area contributed by atoms with Crippen molar-refractivity contribution >= 4 is 11.1 Å². The minimum Gasteiger partial charge on any atom is -0.0905 e. The Balaban J connectivity index is 1.84. The standard InChI is InChI=1S/C28H22/c1-21(23-13-5-3-6-14-23)25-17-9-11-19-27(25)28-20-12-10-18-26(28)22(2)24-15-7-4-8-16-24/h3-20H,1-2H2. The monoisotopic (exact) mass is 358 g/mol. The predicted octanol–water partition coefficient (Wildman–Crippen LogP) is 7.48. The number of hydrogen-bond acceptors (Lipinski definition) is 0. The van der Waals surface area contributed by atoms with E-state index in [4.69, 9.17) is 0 Å². The van der Waals surface area contributed by atoms with E-state index in [-0.39, 0.29) is 0 Å². The lowest BCUT2D eigenvalue weighted by atomic mass is 9.87. The molecule has 0 unspecified atom stereocenters. The van der Waals surface area contributed by atoms with Gasteiger partial charge in [0.25, 0.3) is 0 Å². The molecule has 0 heteroatoms. The minimum atomic E-state index is 1.02. The Morgan fingerprint density at radius 3 is 1.11 bits per heavy atom. The molecule has 0 heterocycles. The normalized spacial score (nSPS) is 10.4. The zero-order chi connectivity index (χ0) is 19.3. The maximum Gasteiger partial charge on any atom is -0.00992 e. The van der Waals surface area contributed by atoms with Crippen molar-refractivity contribution < 1.29 is 0 Å². The molecule has 0 atom stereocenters. The molecule has 4 rings (SSSR count). The van der Waals surface area contributed by atoms with E-state index in [0.717, 1.165) is 33.4 Å². The SMILES string of the molecule is C=C(c1ccccc1)c1ccccc1-c1ccccc1C(=C)c1ccccc1. The average molecular weight is 358 g/mol. The van der Waals surface area contributed by atoms with Gasteiger partial charge in [-0.1, -0.05) is 122 Å². The fraction of sp³-hybridized carbons (Fsp3) is 0. The van der Waals surface area contributed by atoms with Gasteiger partial charge in [0.2, 0.25) is 0 Å². The summed E-state index contributed by atoms with van der Waals surface area (Å²) in [7, 11) is 0. The van der Waals surface area contributed by atoms with Crippen molar-refractivity contribution in [1.82, 2.24) is 0 Å². The zero-order valence-electron chi connectivity index (χ0n) is 15.8. The maximum absolute atomic E-state index is 4.39. The molecule has 0 aliphatic carbocycles. The molecule has 0 spiro atoms. The first-order valence-corrected chi connectivity index (χ1v) is 9.43. The molecule has 0 aliphatic heterocycles. The van der Waals surface area contributed by atoms with E-state index >= 15 is 0 Å². The van der Waals surface area contributed by atoms with Crippen molar-refractivity contribution in [2.24, 2.45) is 0 Å². The van der Waals surface area contributed by atoms with Crippen LogP contribution < -0.4 is 0 Å². The summed E-state index contributed by atoms with van der Waals surface area (Å²) >= 11 is 0. The van der Waals surface area contributed by atoms with Crippen LogP contribution in [0.4, 0.5) is 0 Å². The highest BCUT2D eigenvalue weighted by atomic mass is 14.2. The van der Waals surface area contributed by atoms with Crippen LogP contribution in [0.15, 0.2) is 122 Å². The third-order valence-corrected chi connectivity index (χ3v) is 5.04. The molecule has 28 heavy (non-hydrogen) atoms. The van der Waals surface area contributed by atoms with Gasteiger partial charge in [-0.25, -0.2) is 0 Å². The third kappa shape index (κ3) is 3.45. The maximum atomic E-state index is 4.39. The molecular formula is C28H22. The van der Waals surface area contributed by atoms with E-state index in [2.05, 4.69) is 86.0 Å². The van der Waals surface area contributed by atoms with Crippen LogP contribution in [0.25, 0.3) is 22.3 Å². The molecule has 0 aliphatic rings. The molecule has 0 radical (unpaired) electrons. The fourth-order valence-electron chi connectivity index (χ4n) is 3.55. The van der Waals surface area contributed by atoms with Crippen molar-refractivity contribution in [3.63, 3.8) is 0 Å². The fourth-order valence-corrected chi connectivity index (χ4v) is 3.55. The molecule has 0 saturated heterocycles. The summed E-state index contributed by atoms with van der Waals surface area (Å²) < 4.78 is 0. The van der Waals surface area contributed by atoms with Crippen molar-refractivity contribution in [2.45, 2.75) is 0 Å². The van der Waals surface area contributed by atoms with E-state index < -0.39 is 0 Å². The second-order valence-corrected chi connectivity index (χ2v) is 6.78. The highest BCUT2D eigenvalue weighted by Crippen LogP contribution is 2.36. The van der Waals surface area contributed by atoms with Crippen LogP contribution >= 0.6 is 0 Å². The summed E-state index contributed by atoms with van der Waals surface area (Å²) in [5.41, 5.74) is 8.94. The van der Waals surface area contributed by atoms with Crippen LogP contribution in [0, 0.1) is 0 Å². The summed E-state index contributed by atoms with van der Waals surface area (Å²) in [5.74, 6) is 0. The van der Waals surface area contributed by atoms with Crippen LogP contribution in [0.1, 0.15) is 22.3 Å². The van der Waals surface area contributed by atoms with Crippen LogP contribution in [0.2, 0.25) is 0 Å². The van der Waals surface area contributed by atoms with Gasteiger partial charge < -0.3 is 0 Å². The number of hydrogen-bond donors (Lipinski definition) is 0. The molecule has 0 amide bonds. The van der Waals surface area contributed by atoms with Gasteiger partial charge in [-0.05, 0) is 44.5 Å². The van der Waals surface area contributed by atoms with Gasteiger partial charge >= 0.3 is 0 Å². The summed E-state index contributed by atoms with van der Waals surface area (Å²) in [5, 5.41) is 0. The lowest BCUT2D eigenvalue weighted by Crippen LogP contribution is -1.95. The Kier molecular flexibility index (Phi) is 5.03. The molecule has 0 aromatic heterocycles. The molecule has 0 saturated carbocycles. The molecule has 4 aromatic rings. The summed E-state index contributed by atoms with van der Waals surface area (Å²) in [6, 6.07) is 37.6. The Bertz CT molecular complexity index is 1030. The van der Waals surface area contributed by atoms with Crippen molar-refractivity contribution in [3.8, 4) is 11.1 Å². The van der Waals surface area contributed by atoms with E-state index in [1.807, 2.05) is 36.4 Å². The molecule has 0 bridgehead atoms. The van der Waals surface area contributed by atoms with Crippen LogP contribution in [0.5, 0.6) is 0 Å². The van der Waals surface area contributed by atoms with Gasteiger partial charge in [0, 0.05) is 0 Å². The number of rotatable bonds is 5. The largest absolute Gasteiger partial charge is 0.0905 e. The minimum absolute atomic E-state index is 1.02. The smallest absolute Gasteiger partial charge is 0.00992 e. The Morgan fingerprint density at radius 2 is 0.714 bits per heavy atom. The lowest BCUT2D eigenvalue weighted by Gasteiger charge is -2.17. The molecular weight excluding hydrogens is 336 g/mol. The van der Waals surface area contributed by atoms with E-state index in [1.54, 1.807) is 0 Å². The molecule has 0 nitrogen and oxygen atoms in total. The second-order valence-electron chi connectivity index (χ2n) is 6.78. The molecule has 134 valence electrons. The van der Waals surface area contributed by atoms with Crippen molar-refractivity contribution in [3.05, 3.63) is 145 Å². The Labute approximate surface area is 167 Å². The highest BCUT2D eigenvalue weighted by molar-refractivity contribution is 5.93. The van der Waals surface area contributed by atoms with Gasteiger partial charge in [-0.2, -0.15) is 0 Å². The van der Waals surface area contributed by atoms with Crippen LogP contribution in [-0.2, 0) is 0 Å². The van der Waals surface area contributed by atoms with E-state index in [1.165, 1.54) is 11.1 Å². The Hall–Kier alpha value is -3.64. The Morgan fingerprint density at radius 1 is 0.393 bits per heavy atom. The summed E-state index contributed by atoms with van der Waals surface area (Å²) in [6.07, 6.45) is 0. The topological polar surface area (TPSA) is 0 Å². The average Bonchev–Trinajstić information content (AvgIpc) is 2.79. The third-order valence-electron chi connectivity index (χ3n) is 5.04. The van der Waals surface area contributed by atoms with Gasteiger partial charge in [0.05, 0.1) is 0 Å². The first-order valence-electron chi connectivity index (χ1n) is 9.43. The lowest BCUT2D eigenvalue weighted by molar-refractivity contribution is 1.50. The van der Waals surface area contributed by atoms with Crippen molar-refractivity contribution in [2.75, 3.05) is 0 Å². The zero-order valence-corrected chi connectivity index (χ0v) is 15.8. The molecule has 4 aromatic carbocycles.